The van der Waals surface area contributed by atoms with Gasteiger partial charge < -0.3 is 14.6 Å². The van der Waals surface area contributed by atoms with Crippen molar-refractivity contribution < 1.29 is 24.2 Å². The van der Waals surface area contributed by atoms with E-state index in [-0.39, 0.29) is 17.3 Å². The average molecular weight is 487 g/mol. The zero-order valence-electron chi connectivity index (χ0n) is 20.9. The van der Waals surface area contributed by atoms with Gasteiger partial charge in [0, 0.05) is 23.6 Å². The van der Waals surface area contributed by atoms with Gasteiger partial charge in [-0.05, 0) is 79.4 Å². The second-order valence-corrected chi connectivity index (χ2v) is 8.72. The standard InChI is InChI=1S/C29H30N2O5/c1-5-35-22-12-10-21(11-13-22)31-26(20-8-7-15-30-17-20)25(28(33)29(31)34)27(32)19-9-14-24(36-6-2)23(16-19)18(3)4/h7-18,26,32H,5-6H2,1-4H3/b27-25-. The lowest BCUT2D eigenvalue weighted by atomic mass is 9.93. The lowest BCUT2D eigenvalue weighted by Gasteiger charge is -2.25. The highest BCUT2D eigenvalue weighted by atomic mass is 16.5. The Hall–Kier alpha value is -4.13. The molecule has 0 bridgehead atoms. The molecule has 1 saturated heterocycles. The predicted octanol–water partition coefficient (Wildman–Crippen LogP) is 5.63. The number of ketones is 1. The predicted molar refractivity (Wildman–Crippen MR) is 138 cm³/mol. The minimum Gasteiger partial charge on any atom is -0.507 e. The van der Waals surface area contributed by atoms with Crippen molar-refractivity contribution in [3.8, 4) is 11.5 Å². The van der Waals surface area contributed by atoms with Gasteiger partial charge in [-0.2, -0.15) is 0 Å². The van der Waals surface area contributed by atoms with Crippen LogP contribution < -0.4 is 14.4 Å². The number of benzene rings is 2. The molecule has 36 heavy (non-hydrogen) atoms. The highest BCUT2D eigenvalue weighted by molar-refractivity contribution is 6.51. The summed E-state index contributed by atoms with van der Waals surface area (Å²) in [4.78, 5) is 32.3. The van der Waals surface area contributed by atoms with Crippen LogP contribution in [0.25, 0.3) is 5.76 Å². The Balaban J connectivity index is 1.87. The van der Waals surface area contributed by atoms with Crippen molar-refractivity contribution in [2.45, 2.75) is 39.7 Å². The van der Waals surface area contributed by atoms with Gasteiger partial charge in [-0.1, -0.05) is 19.9 Å². The zero-order valence-corrected chi connectivity index (χ0v) is 20.9. The van der Waals surface area contributed by atoms with E-state index in [0.29, 0.717) is 35.8 Å². The van der Waals surface area contributed by atoms with Crippen LogP contribution in [-0.2, 0) is 9.59 Å². The molecule has 4 rings (SSSR count). The number of aromatic nitrogens is 1. The highest BCUT2D eigenvalue weighted by Crippen LogP contribution is 2.43. The summed E-state index contributed by atoms with van der Waals surface area (Å²) in [6.45, 7) is 8.89. The fraction of sp³-hybridized carbons (Fsp3) is 0.276. The molecule has 7 nitrogen and oxygen atoms in total. The maximum Gasteiger partial charge on any atom is 0.300 e. The van der Waals surface area contributed by atoms with E-state index in [9.17, 15) is 14.7 Å². The van der Waals surface area contributed by atoms with Crippen molar-refractivity contribution in [3.63, 3.8) is 0 Å². The van der Waals surface area contributed by atoms with Crippen molar-refractivity contribution in [3.05, 3.63) is 89.3 Å². The number of nitrogens with zero attached hydrogens (tertiary/aromatic N) is 2. The van der Waals surface area contributed by atoms with Crippen LogP contribution in [0.15, 0.2) is 72.6 Å². The Labute approximate surface area is 211 Å². The first kappa shape index (κ1) is 25.0. The maximum absolute atomic E-state index is 13.4. The van der Waals surface area contributed by atoms with Gasteiger partial charge in [0.2, 0.25) is 0 Å². The molecule has 1 aliphatic heterocycles. The number of pyridine rings is 1. The normalized spacial score (nSPS) is 17.0. The van der Waals surface area contributed by atoms with Gasteiger partial charge >= 0.3 is 0 Å². The third-order valence-corrected chi connectivity index (χ3v) is 6.08. The summed E-state index contributed by atoms with van der Waals surface area (Å²) < 4.78 is 11.3. The average Bonchev–Trinajstić information content (AvgIpc) is 3.15. The minimum absolute atomic E-state index is 0.0146. The fourth-order valence-corrected chi connectivity index (χ4v) is 4.41. The summed E-state index contributed by atoms with van der Waals surface area (Å²) in [5, 5.41) is 11.4. The van der Waals surface area contributed by atoms with Crippen molar-refractivity contribution in [2.75, 3.05) is 18.1 Å². The molecule has 1 amide bonds. The molecule has 1 aliphatic rings. The smallest absolute Gasteiger partial charge is 0.300 e. The van der Waals surface area contributed by atoms with Crippen molar-refractivity contribution in [1.82, 2.24) is 4.98 Å². The van der Waals surface area contributed by atoms with Crippen molar-refractivity contribution in [2.24, 2.45) is 0 Å². The molecule has 1 N–H and O–H groups in total. The molecule has 7 heteroatoms. The largest absolute Gasteiger partial charge is 0.507 e. The summed E-state index contributed by atoms with van der Waals surface area (Å²) in [6, 6.07) is 14.9. The van der Waals surface area contributed by atoms with Gasteiger partial charge in [0.25, 0.3) is 11.7 Å². The lowest BCUT2D eigenvalue weighted by Crippen LogP contribution is -2.29. The number of carbonyl (C=O) groups is 2. The molecule has 2 heterocycles. The number of hydrogen-bond acceptors (Lipinski definition) is 6. The number of rotatable bonds is 8. The minimum atomic E-state index is -0.842. The molecule has 0 aliphatic carbocycles. The Kier molecular flexibility index (Phi) is 7.38. The topological polar surface area (TPSA) is 89.0 Å². The maximum atomic E-state index is 13.4. The number of anilines is 1. The number of Topliss-reactive ketones (excluding diaryl/α,β-unsaturated/α-hetero) is 1. The molecule has 0 saturated carbocycles. The van der Waals surface area contributed by atoms with Crippen LogP contribution in [0, 0.1) is 0 Å². The number of carbonyl (C=O) groups excluding carboxylic acids is 2. The van der Waals surface area contributed by atoms with E-state index in [1.807, 2.05) is 33.8 Å². The SMILES string of the molecule is CCOc1ccc(N2C(=O)C(=O)/C(=C(\O)c3ccc(OCC)c(C(C)C)c3)C2c2cccnc2)cc1. The molecule has 1 fully saturated rings. The first-order valence-electron chi connectivity index (χ1n) is 12.1. The quantitative estimate of drug-likeness (QED) is 0.252. The zero-order chi connectivity index (χ0) is 25.8. The number of ether oxygens (including phenoxy) is 2. The van der Waals surface area contributed by atoms with E-state index < -0.39 is 17.7 Å². The van der Waals surface area contributed by atoms with Gasteiger partial charge in [0.1, 0.15) is 17.3 Å². The van der Waals surface area contributed by atoms with Crippen LogP contribution in [0.3, 0.4) is 0 Å². The number of aliphatic hydroxyl groups is 1. The Morgan fingerprint density at radius 1 is 1.03 bits per heavy atom. The summed E-state index contributed by atoms with van der Waals surface area (Å²) in [7, 11) is 0. The second kappa shape index (κ2) is 10.6. The summed E-state index contributed by atoms with van der Waals surface area (Å²) in [5.41, 5.74) is 2.49. The van der Waals surface area contributed by atoms with Crippen LogP contribution in [0.1, 0.15) is 56.3 Å². The third kappa shape index (κ3) is 4.69. The Morgan fingerprint density at radius 3 is 2.36 bits per heavy atom. The molecule has 1 aromatic heterocycles. The molecule has 186 valence electrons. The van der Waals surface area contributed by atoms with Gasteiger partial charge in [-0.15, -0.1) is 0 Å². The van der Waals surface area contributed by atoms with E-state index in [1.54, 1.807) is 60.9 Å². The van der Waals surface area contributed by atoms with Crippen LogP contribution >= 0.6 is 0 Å². The van der Waals surface area contributed by atoms with Gasteiger partial charge in [-0.25, -0.2) is 0 Å². The van der Waals surface area contributed by atoms with Gasteiger partial charge in [0.05, 0.1) is 24.8 Å². The van der Waals surface area contributed by atoms with E-state index in [4.69, 9.17) is 9.47 Å². The highest BCUT2D eigenvalue weighted by Gasteiger charge is 2.47. The van der Waals surface area contributed by atoms with Crippen LogP contribution in [0.4, 0.5) is 5.69 Å². The molecule has 0 radical (unpaired) electrons. The number of aliphatic hydroxyl groups excluding tert-OH is 1. The second-order valence-electron chi connectivity index (χ2n) is 8.72. The monoisotopic (exact) mass is 486 g/mol. The first-order valence-corrected chi connectivity index (χ1v) is 12.1. The summed E-state index contributed by atoms with van der Waals surface area (Å²) in [5.74, 6) is -0.200. The van der Waals surface area contributed by atoms with E-state index in [2.05, 4.69) is 4.98 Å². The summed E-state index contributed by atoms with van der Waals surface area (Å²) in [6.07, 6.45) is 3.22. The first-order chi connectivity index (χ1) is 17.4. The van der Waals surface area contributed by atoms with Crippen LogP contribution in [0.5, 0.6) is 11.5 Å². The Morgan fingerprint density at radius 2 is 1.75 bits per heavy atom. The molecular formula is C29H30N2O5. The number of hydrogen-bond donors (Lipinski definition) is 1. The molecular weight excluding hydrogens is 456 g/mol. The molecule has 3 aromatic rings. The molecule has 1 atom stereocenters. The molecule has 1 unspecified atom stereocenters. The molecule has 2 aromatic carbocycles. The van der Waals surface area contributed by atoms with E-state index >= 15 is 0 Å². The fourth-order valence-electron chi connectivity index (χ4n) is 4.41. The van der Waals surface area contributed by atoms with Crippen LogP contribution in [0.2, 0.25) is 0 Å². The van der Waals surface area contributed by atoms with E-state index in [1.165, 1.54) is 4.90 Å². The molecule has 0 spiro atoms. The van der Waals surface area contributed by atoms with Crippen molar-refractivity contribution in [1.29, 1.82) is 0 Å². The van der Waals surface area contributed by atoms with Crippen molar-refractivity contribution >= 4 is 23.1 Å². The lowest BCUT2D eigenvalue weighted by molar-refractivity contribution is -0.132. The van der Waals surface area contributed by atoms with Crippen LogP contribution in [-0.4, -0.2) is 35.0 Å². The van der Waals surface area contributed by atoms with E-state index in [0.717, 1.165) is 11.3 Å². The van der Waals surface area contributed by atoms with Gasteiger partial charge in [0.15, 0.2) is 0 Å². The third-order valence-electron chi connectivity index (χ3n) is 6.08. The van der Waals surface area contributed by atoms with Gasteiger partial charge in [-0.3, -0.25) is 19.5 Å². The Bertz CT molecular complexity index is 1280. The number of amides is 1. The summed E-state index contributed by atoms with van der Waals surface area (Å²) >= 11 is 0.